The molecule has 0 saturated carbocycles. The van der Waals surface area contributed by atoms with Gasteiger partial charge in [0, 0.05) is 35.2 Å². The fourth-order valence-corrected chi connectivity index (χ4v) is 4.05. The Bertz CT molecular complexity index is 838. The second-order valence-electron chi connectivity index (χ2n) is 7.25. The van der Waals surface area contributed by atoms with Crippen LogP contribution >= 0.6 is 22.6 Å². The number of nitrogens with one attached hydrogen (secondary N) is 1. The van der Waals surface area contributed by atoms with Crippen molar-refractivity contribution in [2.45, 2.75) is 38.5 Å². The molecule has 2 aromatic carbocycles. The monoisotopic (exact) mass is 521 g/mol. The Morgan fingerprint density at radius 2 is 1.90 bits per heavy atom. The number of amides is 1. The third-order valence-corrected chi connectivity index (χ3v) is 5.91. The van der Waals surface area contributed by atoms with Crippen LogP contribution in [0.1, 0.15) is 36.8 Å². The molecule has 0 aliphatic carbocycles. The van der Waals surface area contributed by atoms with Crippen LogP contribution in [0.25, 0.3) is 0 Å². The van der Waals surface area contributed by atoms with E-state index in [9.17, 15) is 9.90 Å². The van der Waals surface area contributed by atoms with Crippen LogP contribution in [0.4, 0.5) is 0 Å². The largest absolute Gasteiger partial charge is 0.459 e. The molecule has 0 aromatic heterocycles. The van der Waals surface area contributed by atoms with E-state index in [0.717, 1.165) is 21.1 Å². The van der Waals surface area contributed by atoms with Crippen molar-refractivity contribution >= 4 is 28.5 Å². The molecule has 6 heteroatoms. The van der Waals surface area contributed by atoms with E-state index in [1.165, 1.54) is 0 Å². The molecular formula is C24H28INO4. The summed E-state index contributed by atoms with van der Waals surface area (Å²) in [5.41, 5.74) is 2.14. The third-order valence-electron chi connectivity index (χ3n) is 5.19. The SMILES string of the molecule is CCO[C@@H]1OC(C(=O)NCc2ccccc2)=C[C@H](c2ccc(I)cc2)[C@@H]1CCCO. The molecule has 160 valence electrons. The molecule has 0 bridgehead atoms. The summed E-state index contributed by atoms with van der Waals surface area (Å²) in [5, 5.41) is 12.3. The zero-order valence-corrected chi connectivity index (χ0v) is 19.2. The zero-order chi connectivity index (χ0) is 21.3. The van der Waals surface area contributed by atoms with Crippen molar-refractivity contribution in [3.63, 3.8) is 0 Å². The van der Waals surface area contributed by atoms with Crippen molar-refractivity contribution in [2.24, 2.45) is 5.92 Å². The first-order valence-corrected chi connectivity index (χ1v) is 11.4. The lowest BCUT2D eigenvalue weighted by Crippen LogP contribution is -2.39. The average Bonchev–Trinajstić information content (AvgIpc) is 2.77. The molecule has 1 aliphatic heterocycles. The maximum Gasteiger partial charge on any atom is 0.286 e. The van der Waals surface area contributed by atoms with E-state index in [0.29, 0.717) is 19.6 Å². The van der Waals surface area contributed by atoms with Gasteiger partial charge in [-0.25, -0.2) is 0 Å². The smallest absolute Gasteiger partial charge is 0.286 e. The summed E-state index contributed by atoms with van der Waals surface area (Å²) >= 11 is 2.28. The van der Waals surface area contributed by atoms with Gasteiger partial charge in [0.1, 0.15) is 0 Å². The van der Waals surface area contributed by atoms with Gasteiger partial charge < -0.3 is 19.9 Å². The topological polar surface area (TPSA) is 67.8 Å². The molecule has 0 unspecified atom stereocenters. The Hall–Kier alpha value is -1.90. The molecule has 0 saturated heterocycles. The van der Waals surface area contributed by atoms with E-state index in [-0.39, 0.29) is 30.1 Å². The Kier molecular flexibility index (Phi) is 8.72. The molecule has 2 aromatic rings. The van der Waals surface area contributed by atoms with Crippen molar-refractivity contribution in [3.8, 4) is 0 Å². The Balaban J connectivity index is 1.85. The summed E-state index contributed by atoms with van der Waals surface area (Å²) in [6, 6.07) is 18.1. The van der Waals surface area contributed by atoms with Crippen molar-refractivity contribution < 1.29 is 19.4 Å². The molecule has 0 radical (unpaired) electrons. The molecule has 1 amide bonds. The number of hydrogen-bond acceptors (Lipinski definition) is 4. The van der Waals surface area contributed by atoms with E-state index in [4.69, 9.17) is 9.47 Å². The quantitative estimate of drug-likeness (QED) is 0.482. The standard InChI is InChI=1S/C24H28INO4/c1-2-29-24-20(9-6-14-27)21(18-10-12-19(25)13-11-18)15-22(30-24)23(28)26-16-17-7-4-3-5-8-17/h3-5,7-8,10-13,15,20-21,24,27H,2,6,9,14,16H2,1H3,(H,26,28)/t20-,21+,24+/m0/s1. The minimum atomic E-state index is -0.534. The Morgan fingerprint density at radius 3 is 2.57 bits per heavy atom. The minimum absolute atomic E-state index is 0.0165. The van der Waals surface area contributed by atoms with E-state index < -0.39 is 6.29 Å². The molecule has 5 nitrogen and oxygen atoms in total. The summed E-state index contributed by atoms with van der Waals surface area (Å²) in [6.07, 6.45) is 2.77. The van der Waals surface area contributed by atoms with E-state index in [1.807, 2.05) is 43.3 Å². The maximum atomic E-state index is 12.9. The van der Waals surface area contributed by atoms with E-state index >= 15 is 0 Å². The first-order chi connectivity index (χ1) is 14.6. The lowest BCUT2D eigenvalue weighted by Gasteiger charge is -2.37. The first-order valence-electron chi connectivity index (χ1n) is 10.3. The van der Waals surface area contributed by atoms with Gasteiger partial charge >= 0.3 is 0 Å². The summed E-state index contributed by atoms with van der Waals surface area (Å²) in [5.74, 6) is 0.0204. The van der Waals surface area contributed by atoms with Gasteiger partial charge in [-0.2, -0.15) is 0 Å². The fourth-order valence-electron chi connectivity index (χ4n) is 3.70. The van der Waals surface area contributed by atoms with Gasteiger partial charge in [0.15, 0.2) is 5.76 Å². The second-order valence-corrected chi connectivity index (χ2v) is 8.49. The number of carbonyl (C=O) groups is 1. The van der Waals surface area contributed by atoms with Crippen LogP contribution in [0.2, 0.25) is 0 Å². The summed E-state index contributed by atoms with van der Waals surface area (Å²) in [4.78, 5) is 12.9. The number of benzene rings is 2. The van der Waals surface area contributed by atoms with Crippen LogP contribution in [0.5, 0.6) is 0 Å². The molecule has 0 fully saturated rings. The number of aliphatic hydroxyl groups excluding tert-OH is 1. The van der Waals surface area contributed by atoms with Gasteiger partial charge in [0.2, 0.25) is 6.29 Å². The van der Waals surface area contributed by atoms with Crippen molar-refractivity contribution in [1.82, 2.24) is 5.32 Å². The van der Waals surface area contributed by atoms with Crippen LogP contribution in [0.3, 0.4) is 0 Å². The molecule has 2 N–H and O–H groups in total. The fraction of sp³-hybridized carbons (Fsp3) is 0.375. The maximum absolute atomic E-state index is 12.9. The van der Waals surface area contributed by atoms with Crippen LogP contribution in [0, 0.1) is 9.49 Å². The molecule has 30 heavy (non-hydrogen) atoms. The number of aliphatic hydroxyl groups is 1. The van der Waals surface area contributed by atoms with Crippen LogP contribution in [-0.4, -0.2) is 30.5 Å². The van der Waals surface area contributed by atoms with Gasteiger partial charge in [-0.1, -0.05) is 42.5 Å². The molecule has 1 aliphatic rings. The molecule has 3 atom stereocenters. The highest BCUT2D eigenvalue weighted by Gasteiger charge is 2.37. The molecular weight excluding hydrogens is 493 g/mol. The van der Waals surface area contributed by atoms with Crippen LogP contribution < -0.4 is 5.32 Å². The van der Waals surface area contributed by atoms with E-state index in [1.54, 1.807) is 0 Å². The number of ether oxygens (including phenoxy) is 2. The second kappa shape index (κ2) is 11.5. The lowest BCUT2D eigenvalue weighted by atomic mass is 9.80. The van der Waals surface area contributed by atoms with Crippen molar-refractivity contribution in [3.05, 3.63) is 81.1 Å². The normalized spacial score (nSPS) is 20.9. The zero-order valence-electron chi connectivity index (χ0n) is 17.1. The lowest BCUT2D eigenvalue weighted by molar-refractivity contribution is -0.166. The Morgan fingerprint density at radius 1 is 1.17 bits per heavy atom. The summed E-state index contributed by atoms with van der Waals surface area (Å²) in [7, 11) is 0. The predicted molar refractivity (Wildman–Crippen MR) is 125 cm³/mol. The molecule has 1 heterocycles. The summed E-state index contributed by atoms with van der Waals surface area (Å²) in [6.45, 7) is 2.95. The first kappa shape index (κ1) is 22.8. The van der Waals surface area contributed by atoms with Crippen molar-refractivity contribution in [1.29, 1.82) is 0 Å². The average molecular weight is 521 g/mol. The van der Waals surface area contributed by atoms with Crippen LogP contribution in [0.15, 0.2) is 66.4 Å². The number of carbonyl (C=O) groups excluding carboxylic acids is 1. The Labute approximate surface area is 191 Å². The highest BCUT2D eigenvalue weighted by molar-refractivity contribution is 14.1. The van der Waals surface area contributed by atoms with Gasteiger partial charge in [-0.3, -0.25) is 4.79 Å². The van der Waals surface area contributed by atoms with E-state index in [2.05, 4.69) is 52.2 Å². The van der Waals surface area contributed by atoms with Crippen LogP contribution in [-0.2, 0) is 20.8 Å². The highest BCUT2D eigenvalue weighted by Crippen LogP contribution is 2.39. The minimum Gasteiger partial charge on any atom is -0.459 e. The molecule has 3 rings (SSSR count). The summed E-state index contributed by atoms with van der Waals surface area (Å²) < 4.78 is 13.0. The number of rotatable bonds is 9. The number of halogens is 1. The number of allylic oxidation sites excluding steroid dienone is 1. The highest BCUT2D eigenvalue weighted by atomic mass is 127. The third kappa shape index (κ3) is 6.06. The van der Waals surface area contributed by atoms with Crippen molar-refractivity contribution in [2.75, 3.05) is 13.2 Å². The molecule has 0 spiro atoms. The van der Waals surface area contributed by atoms with Gasteiger partial charge in [0.05, 0.1) is 0 Å². The number of hydrogen-bond donors (Lipinski definition) is 2. The van der Waals surface area contributed by atoms with Gasteiger partial charge in [-0.15, -0.1) is 0 Å². The predicted octanol–water partition coefficient (Wildman–Crippen LogP) is 4.36. The van der Waals surface area contributed by atoms with Gasteiger partial charge in [-0.05, 0) is 71.7 Å². The van der Waals surface area contributed by atoms with Gasteiger partial charge in [0.25, 0.3) is 5.91 Å².